The standard InChI is InChI=1S/C13H27Cl2N3S3/c1-16-5-8-19(4)11-20(14,9-6-17-2)13-21(15,12-19)10-7-18-3/h5-7H,8-13H2,1-4H3/b16-5+,17-6+,18-7+. The van der Waals surface area contributed by atoms with Crippen molar-refractivity contribution < 1.29 is 0 Å². The van der Waals surface area contributed by atoms with Gasteiger partial charge in [0, 0.05) is 72.3 Å². The third-order valence-corrected chi connectivity index (χ3v) is 20.9. The van der Waals surface area contributed by atoms with E-state index >= 15 is 0 Å². The van der Waals surface area contributed by atoms with E-state index in [1.165, 1.54) is 0 Å². The molecule has 3 nitrogen and oxygen atoms in total. The number of aliphatic imine (C=N–C) groups is 3. The Bertz CT molecular complexity index is 359. The molecule has 0 aliphatic carbocycles. The lowest BCUT2D eigenvalue weighted by atomic mass is 10.9. The Morgan fingerprint density at radius 3 is 1.52 bits per heavy atom. The van der Waals surface area contributed by atoms with Crippen LogP contribution in [0.3, 0.4) is 0 Å². The second-order valence-electron chi connectivity index (χ2n) is 5.53. The van der Waals surface area contributed by atoms with Crippen LogP contribution in [-0.4, -0.2) is 78.6 Å². The number of hydrogen-bond donors (Lipinski definition) is 0. The quantitative estimate of drug-likeness (QED) is 0.604. The topological polar surface area (TPSA) is 37.1 Å². The number of nitrogens with zero attached hydrogens (tertiary/aromatic N) is 3. The molecule has 0 aromatic carbocycles. The fraction of sp³-hybridized carbons (Fsp3) is 0.769. The normalized spacial score (nSPS) is 47.1. The van der Waals surface area contributed by atoms with Gasteiger partial charge in [-0.2, -0.15) is 0 Å². The van der Waals surface area contributed by atoms with Crippen LogP contribution in [0, 0.1) is 0 Å². The molecule has 21 heavy (non-hydrogen) atoms. The van der Waals surface area contributed by atoms with Crippen LogP contribution in [0.5, 0.6) is 0 Å². The molecule has 2 atom stereocenters. The molecule has 1 fully saturated rings. The molecular weight excluding hydrogens is 365 g/mol. The van der Waals surface area contributed by atoms with E-state index in [1.807, 2.05) is 39.8 Å². The Kier molecular flexibility index (Phi) is 7.95. The van der Waals surface area contributed by atoms with Crippen LogP contribution in [0.15, 0.2) is 15.0 Å². The summed E-state index contributed by atoms with van der Waals surface area (Å²) in [5, 5.41) is 3.20. The third-order valence-electron chi connectivity index (χ3n) is 3.18. The summed E-state index contributed by atoms with van der Waals surface area (Å²) in [6.45, 7) is 0. The maximum Gasteiger partial charge on any atom is 0.0346 e. The molecule has 0 aromatic heterocycles. The van der Waals surface area contributed by atoms with Gasteiger partial charge in [-0.05, 0) is 6.26 Å². The van der Waals surface area contributed by atoms with Crippen molar-refractivity contribution in [2.24, 2.45) is 15.0 Å². The van der Waals surface area contributed by atoms with Crippen molar-refractivity contribution in [1.29, 1.82) is 0 Å². The summed E-state index contributed by atoms with van der Waals surface area (Å²) in [5.41, 5.74) is 0. The van der Waals surface area contributed by atoms with Gasteiger partial charge in [0.1, 0.15) is 0 Å². The van der Waals surface area contributed by atoms with Crippen molar-refractivity contribution in [3.05, 3.63) is 0 Å². The fourth-order valence-corrected chi connectivity index (χ4v) is 27.6. The smallest absolute Gasteiger partial charge is 0.0346 e. The zero-order valence-corrected chi connectivity index (χ0v) is 17.3. The molecule has 1 aliphatic heterocycles. The maximum absolute atomic E-state index is 7.04. The summed E-state index contributed by atoms with van der Waals surface area (Å²) in [5.74, 6) is 2.78. The summed E-state index contributed by atoms with van der Waals surface area (Å²) in [6, 6.07) is 0. The highest BCUT2D eigenvalue weighted by molar-refractivity contribution is 8.74. The van der Waals surface area contributed by atoms with Crippen molar-refractivity contribution in [2.45, 2.75) is 0 Å². The molecule has 1 heterocycles. The van der Waals surface area contributed by atoms with E-state index in [0.29, 0.717) is 0 Å². The number of hydrogen-bond acceptors (Lipinski definition) is 3. The van der Waals surface area contributed by atoms with Gasteiger partial charge in [-0.25, -0.2) is 10.0 Å². The van der Waals surface area contributed by atoms with Gasteiger partial charge < -0.3 is 15.0 Å². The summed E-state index contributed by atoms with van der Waals surface area (Å²) in [7, 11) is 16.2. The number of rotatable bonds is 6. The first-order chi connectivity index (χ1) is 9.80. The minimum atomic E-state index is -1.24. The number of halogens is 2. The summed E-state index contributed by atoms with van der Waals surface area (Å²) in [6.07, 6.45) is 8.35. The maximum atomic E-state index is 7.04. The fourth-order valence-electron chi connectivity index (χ4n) is 2.46. The molecule has 0 spiro atoms. The molecule has 0 radical (unpaired) electrons. The lowest BCUT2D eigenvalue weighted by molar-refractivity contribution is 1.46. The minimum absolute atomic E-state index is 0.841. The van der Waals surface area contributed by atoms with Crippen molar-refractivity contribution in [2.75, 3.05) is 59.9 Å². The van der Waals surface area contributed by atoms with Crippen molar-refractivity contribution in [1.82, 2.24) is 0 Å². The third kappa shape index (κ3) is 6.34. The van der Waals surface area contributed by atoms with Gasteiger partial charge >= 0.3 is 0 Å². The van der Waals surface area contributed by atoms with Crippen LogP contribution in [-0.2, 0) is 0 Å². The predicted octanol–water partition coefficient (Wildman–Crippen LogP) is 4.33. The monoisotopic (exact) mass is 391 g/mol. The Hall–Kier alpha value is 0.640. The van der Waals surface area contributed by atoms with Crippen molar-refractivity contribution in [3.63, 3.8) is 0 Å². The summed E-state index contributed by atoms with van der Waals surface area (Å²) >= 11 is 0. The van der Waals surface area contributed by atoms with Crippen LogP contribution in [0.1, 0.15) is 0 Å². The summed E-state index contributed by atoms with van der Waals surface area (Å²) < 4.78 is 0. The average molecular weight is 392 g/mol. The van der Waals surface area contributed by atoms with E-state index in [0.717, 1.165) is 32.5 Å². The van der Waals surface area contributed by atoms with Crippen molar-refractivity contribution >= 4 is 68.5 Å². The van der Waals surface area contributed by atoms with E-state index in [1.54, 1.807) is 0 Å². The van der Waals surface area contributed by atoms with Crippen LogP contribution in [0.4, 0.5) is 0 Å². The Morgan fingerprint density at radius 2 is 1.14 bits per heavy atom. The molecule has 0 N–H and O–H groups in total. The van der Waals surface area contributed by atoms with Gasteiger partial charge in [0.2, 0.25) is 0 Å². The van der Waals surface area contributed by atoms with Gasteiger partial charge in [0.25, 0.3) is 0 Å². The van der Waals surface area contributed by atoms with E-state index in [9.17, 15) is 0 Å². The Labute approximate surface area is 143 Å². The molecule has 1 rings (SSSR count). The van der Waals surface area contributed by atoms with Gasteiger partial charge in [0.15, 0.2) is 0 Å². The molecule has 0 bridgehead atoms. The minimum Gasteiger partial charge on any atom is -0.300 e. The molecule has 8 heteroatoms. The molecule has 126 valence electrons. The molecule has 0 amide bonds. The first-order valence-electron chi connectivity index (χ1n) is 6.66. The van der Waals surface area contributed by atoms with Gasteiger partial charge in [-0.3, -0.25) is 0 Å². The highest BCUT2D eigenvalue weighted by Gasteiger charge is 2.43. The zero-order chi connectivity index (χ0) is 16.0. The SMILES string of the molecule is C/N=C/CS1(C)CS(Cl)(C/C=N/C)CS(Cl)(C/C=N/C)C1. The summed E-state index contributed by atoms with van der Waals surface area (Å²) in [4.78, 5) is 12.4. The second kappa shape index (κ2) is 8.48. The Morgan fingerprint density at radius 1 is 0.762 bits per heavy atom. The lowest BCUT2D eigenvalue weighted by Gasteiger charge is -2.57. The molecular formula is C13H27Cl2N3S3. The largest absolute Gasteiger partial charge is 0.300 e. The molecule has 0 saturated carbocycles. The van der Waals surface area contributed by atoms with Crippen LogP contribution < -0.4 is 0 Å². The zero-order valence-electron chi connectivity index (χ0n) is 13.3. The molecule has 1 aliphatic rings. The highest BCUT2D eigenvalue weighted by atomic mass is 35.7. The van der Waals surface area contributed by atoms with Crippen LogP contribution in [0.25, 0.3) is 0 Å². The highest BCUT2D eigenvalue weighted by Crippen LogP contribution is 2.80. The molecule has 2 unspecified atom stereocenters. The first kappa shape index (κ1) is 19.7. The Balaban J connectivity index is 3.02. The lowest BCUT2D eigenvalue weighted by Crippen LogP contribution is -2.30. The average Bonchev–Trinajstić information content (AvgIpc) is 2.39. The predicted molar refractivity (Wildman–Crippen MR) is 113 cm³/mol. The van der Waals surface area contributed by atoms with Gasteiger partial charge in [-0.1, -0.05) is 21.4 Å². The van der Waals surface area contributed by atoms with Gasteiger partial charge in [-0.15, -0.1) is 18.5 Å². The van der Waals surface area contributed by atoms with E-state index in [4.69, 9.17) is 21.4 Å². The van der Waals surface area contributed by atoms with E-state index in [-0.39, 0.29) is 0 Å². The molecule has 1 saturated heterocycles. The second-order valence-corrected chi connectivity index (χ2v) is 20.0. The molecule has 0 aromatic rings. The van der Waals surface area contributed by atoms with E-state index in [2.05, 4.69) is 21.2 Å². The van der Waals surface area contributed by atoms with Crippen LogP contribution >= 0.6 is 49.9 Å². The first-order valence-corrected chi connectivity index (χ1v) is 15.1. The van der Waals surface area contributed by atoms with E-state index < -0.39 is 28.5 Å². The van der Waals surface area contributed by atoms with Crippen LogP contribution in [0.2, 0.25) is 0 Å². The van der Waals surface area contributed by atoms with Gasteiger partial charge in [0.05, 0.1) is 0 Å². The van der Waals surface area contributed by atoms with Crippen molar-refractivity contribution in [3.8, 4) is 0 Å².